The van der Waals surface area contributed by atoms with E-state index < -0.39 is 5.54 Å². The Kier molecular flexibility index (Phi) is 12.7. The Morgan fingerprint density at radius 1 is 0.857 bits per heavy atom. The van der Waals surface area contributed by atoms with E-state index in [9.17, 15) is 10.1 Å². The molecule has 0 aromatic heterocycles. The molecule has 1 unspecified atom stereocenters. The lowest BCUT2D eigenvalue weighted by Gasteiger charge is -2.17. The summed E-state index contributed by atoms with van der Waals surface area (Å²) in [5, 5.41) is 19.9. The molecular formula is C17H35NO3. The van der Waals surface area contributed by atoms with Crippen LogP contribution in [-0.4, -0.2) is 22.2 Å². The van der Waals surface area contributed by atoms with Crippen LogP contribution in [-0.2, 0) is 0 Å². The number of unbranched alkanes of at least 4 members (excludes halogenated alkanes) is 11. The Morgan fingerprint density at radius 2 is 1.24 bits per heavy atom. The van der Waals surface area contributed by atoms with Crippen LogP contribution in [0.3, 0.4) is 0 Å². The average molecular weight is 301 g/mol. The zero-order valence-electron chi connectivity index (χ0n) is 14.1. The first-order valence-electron chi connectivity index (χ1n) is 8.82. The molecule has 1 atom stereocenters. The smallest absolute Gasteiger partial charge is 0.242 e. The topological polar surface area (TPSA) is 63.4 Å². The highest BCUT2D eigenvalue weighted by Crippen LogP contribution is 2.19. The fraction of sp³-hybridized carbons (Fsp3) is 1.00. The summed E-state index contributed by atoms with van der Waals surface area (Å²) in [5.74, 6) is 0. The Morgan fingerprint density at radius 3 is 1.57 bits per heavy atom. The largest absolute Gasteiger partial charge is 0.389 e. The standard InChI is InChI=1S/C17H35NO3/c1-3-4-5-6-7-8-9-10-11-12-13-14-15-17(2,16-19)18(20)21/h19H,3-16H2,1-2H3. The molecule has 0 aromatic carbocycles. The van der Waals surface area contributed by atoms with Gasteiger partial charge in [0.2, 0.25) is 5.54 Å². The van der Waals surface area contributed by atoms with Gasteiger partial charge in [0, 0.05) is 18.3 Å². The number of hydrogen-bond donors (Lipinski definition) is 1. The van der Waals surface area contributed by atoms with Gasteiger partial charge in [-0.3, -0.25) is 10.1 Å². The van der Waals surface area contributed by atoms with Crippen molar-refractivity contribution in [3.8, 4) is 0 Å². The molecule has 0 rings (SSSR count). The third-order valence-corrected chi connectivity index (χ3v) is 4.35. The summed E-state index contributed by atoms with van der Waals surface area (Å²) >= 11 is 0. The minimum Gasteiger partial charge on any atom is -0.389 e. The molecule has 0 radical (unpaired) electrons. The summed E-state index contributed by atoms with van der Waals surface area (Å²) in [7, 11) is 0. The van der Waals surface area contributed by atoms with Gasteiger partial charge in [0.1, 0.15) is 6.61 Å². The zero-order chi connectivity index (χ0) is 16.0. The Labute approximate surface area is 130 Å². The van der Waals surface area contributed by atoms with E-state index in [-0.39, 0.29) is 11.5 Å². The van der Waals surface area contributed by atoms with Crippen molar-refractivity contribution in [2.45, 2.75) is 103 Å². The van der Waals surface area contributed by atoms with E-state index in [4.69, 9.17) is 5.11 Å². The second kappa shape index (κ2) is 13.1. The lowest BCUT2D eigenvalue weighted by atomic mass is 9.95. The van der Waals surface area contributed by atoms with Crippen molar-refractivity contribution in [1.82, 2.24) is 0 Å². The Balaban J connectivity index is 3.31. The van der Waals surface area contributed by atoms with Crippen LogP contribution in [0, 0.1) is 10.1 Å². The maximum Gasteiger partial charge on any atom is 0.242 e. The first-order chi connectivity index (χ1) is 10.1. The predicted octanol–water partition coefficient (Wildman–Crippen LogP) is 5.11. The maximum absolute atomic E-state index is 10.8. The van der Waals surface area contributed by atoms with E-state index in [1.807, 2.05) is 0 Å². The van der Waals surface area contributed by atoms with Gasteiger partial charge in [0.05, 0.1) is 0 Å². The molecule has 0 amide bonds. The van der Waals surface area contributed by atoms with Gasteiger partial charge in [-0.25, -0.2) is 0 Å². The van der Waals surface area contributed by atoms with Crippen molar-refractivity contribution >= 4 is 0 Å². The van der Waals surface area contributed by atoms with Gasteiger partial charge >= 0.3 is 0 Å². The molecule has 126 valence electrons. The quantitative estimate of drug-likeness (QED) is 0.260. The first-order valence-corrected chi connectivity index (χ1v) is 8.82. The molecule has 1 N–H and O–H groups in total. The normalized spacial score (nSPS) is 14.0. The SMILES string of the molecule is CCCCCCCCCCCCCCC(C)(CO)[N+](=O)[O-]. The third-order valence-electron chi connectivity index (χ3n) is 4.35. The van der Waals surface area contributed by atoms with Crippen LogP contribution in [0.2, 0.25) is 0 Å². The van der Waals surface area contributed by atoms with Crippen molar-refractivity contribution in [3.63, 3.8) is 0 Å². The Bertz CT molecular complexity index is 258. The summed E-state index contributed by atoms with van der Waals surface area (Å²) in [6.45, 7) is 3.42. The second-order valence-corrected chi connectivity index (χ2v) is 6.55. The van der Waals surface area contributed by atoms with Gasteiger partial charge in [0.25, 0.3) is 0 Å². The van der Waals surface area contributed by atoms with Gasteiger partial charge in [-0.2, -0.15) is 0 Å². The van der Waals surface area contributed by atoms with E-state index in [1.165, 1.54) is 64.7 Å². The van der Waals surface area contributed by atoms with Gasteiger partial charge in [-0.1, -0.05) is 77.6 Å². The molecule has 0 aliphatic carbocycles. The molecule has 0 spiro atoms. The highest BCUT2D eigenvalue weighted by molar-refractivity contribution is 4.72. The first kappa shape index (κ1) is 20.4. The van der Waals surface area contributed by atoms with Crippen LogP contribution in [0.25, 0.3) is 0 Å². The van der Waals surface area contributed by atoms with E-state index in [1.54, 1.807) is 0 Å². The van der Waals surface area contributed by atoms with Gasteiger partial charge < -0.3 is 5.11 Å². The molecule has 0 saturated heterocycles. The molecule has 0 bridgehead atoms. The maximum atomic E-state index is 10.8. The van der Waals surface area contributed by atoms with E-state index in [2.05, 4.69) is 6.92 Å². The summed E-state index contributed by atoms with van der Waals surface area (Å²) < 4.78 is 0. The van der Waals surface area contributed by atoms with Crippen molar-refractivity contribution in [1.29, 1.82) is 0 Å². The third kappa shape index (κ3) is 10.7. The molecular weight excluding hydrogens is 266 g/mol. The molecule has 0 aliphatic heterocycles. The number of nitro groups is 1. The highest BCUT2D eigenvalue weighted by Gasteiger charge is 2.35. The Hall–Kier alpha value is -0.640. The van der Waals surface area contributed by atoms with Gasteiger partial charge in [0.15, 0.2) is 0 Å². The van der Waals surface area contributed by atoms with Gasteiger partial charge in [-0.05, 0) is 6.42 Å². The van der Waals surface area contributed by atoms with E-state index in [0.717, 1.165) is 19.3 Å². The monoisotopic (exact) mass is 301 g/mol. The molecule has 0 aliphatic rings. The van der Waals surface area contributed by atoms with Crippen molar-refractivity contribution in [2.75, 3.05) is 6.61 Å². The molecule has 0 saturated carbocycles. The number of aliphatic hydroxyl groups excluding tert-OH is 1. The highest BCUT2D eigenvalue weighted by atomic mass is 16.6. The molecule has 4 nitrogen and oxygen atoms in total. The summed E-state index contributed by atoms with van der Waals surface area (Å²) in [6.07, 6.45) is 15.6. The van der Waals surface area contributed by atoms with Crippen LogP contribution in [0.1, 0.15) is 97.3 Å². The lowest BCUT2D eigenvalue weighted by Crippen LogP contribution is -2.38. The zero-order valence-corrected chi connectivity index (χ0v) is 14.1. The fourth-order valence-corrected chi connectivity index (χ4v) is 2.57. The molecule has 4 heteroatoms. The fourth-order valence-electron chi connectivity index (χ4n) is 2.57. The van der Waals surface area contributed by atoms with E-state index in [0.29, 0.717) is 6.42 Å². The van der Waals surface area contributed by atoms with Crippen LogP contribution in [0.15, 0.2) is 0 Å². The van der Waals surface area contributed by atoms with Crippen molar-refractivity contribution in [3.05, 3.63) is 10.1 Å². The summed E-state index contributed by atoms with van der Waals surface area (Å²) in [6, 6.07) is 0. The summed E-state index contributed by atoms with van der Waals surface area (Å²) in [4.78, 5) is 10.5. The van der Waals surface area contributed by atoms with Crippen molar-refractivity contribution < 1.29 is 10.0 Å². The number of hydrogen-bond acceptors (Lipinski definition) is 3. The van der Waals surface area contributed by atoms with E-state index >= 15 is 0 Å². The van der Waals surface area contributed by atoms with Crippen molar-refractivity contribution in [2.24, 2.45) is 0 Å². The lowest BCUT2D eigenvalue weighted by molar-refractivity contribution is -0.570. The number of nitrogens with zero attached hydrogens (tertiary/aromatic N) is 1. The van der Waals surface area contributed by atoms with Gasteiger partial charge in [-0.15, -0.1) is 0 Å². The number of aliphatic hydroxyl groups is 1. The predicted molar refractivity (Wildman–Crippen MR) is 88.2 cm³/mol. The minimum absolute atomic E-state index is 0.342. The average Bonchev–Trinajstić information content (AvgIpc) is 2.47. The second-order valence-electron chi connectivity index (χ2n) is 6.55. The molecule has 0 aromatic rings. The molecule has 0 heterocycles. The van der Waals surface area contributed by atoms with Crippen LogP contribution >= 0.6 is 0 Å². The van der Waals surface area contributed by atoms with Crippen LogP contribution in [0.4, 0.5) is 0 Å². The minimum atomic E-state index is -1.14. The van der Waals surface area contributed by atoms with Crippen LogP contribution in [0.5, 0.6) is 0 Å². The molecule has 21 heavy (non-hydrogen) atoms. The number of rotatable bonds is 15. The summed E-state index contributed by atoms with van der Waals surface area (Å²) in [5.41, 5.74) is -1.14. The van der Waals surface area contributed by atoms with Crippen LogP contribution < -0.4 is 0 Å². The molecule has 0 fully saturated rings.